The number of anilines is 1. The quantitative estimate of drug-likeness (QED) is 0.715. The summed E-state index contributed by atoms with van der Waals surface area (Å²) in [4.78, 5) is 11.7. The third kappa shape index (κ3) is 2.38. The number of fused-ring (bicyclic) bond motifs is 1. The van der Waals surface area contributed by atoms with Crippen LogP contribution in [0.25, 0.3) is 0 Å². The molecule has 4 heteroatoms. The van der Waals surface area contributed by atoms with E-state index in [9.17, 15) is 9.90 Å². The molecule has 0 spiro atoms. The highest BCUT2D eigenvalue weighted by molar-refractivity contribution is 5.78. The van der Waals surface area contributed by atoms with Crippen LogP contribution in [-0.4, -0.2) is 11.0 Å². The Kier molecular flexibility index (Phi) is 3.39. The van der Waals surface area contributed by atoms with Crippen molar-refractivity contribution in [2.75, 3.05) is 5.32 Å². The Bertz CT molecular complexity index is 497. The van der Waals surface area contributed by atoms with Crippen LogP contribution in [-0.2, 0) is 10.5 Å². The summed E-state index contributed by atoms with van der Waals surface area (Å²) in [5.74, 6) is -0.155. The molecule has 1 aliphatic heterocycles. The molecule has 1 aromatic rings. The molecule has 1 unspecified atom stereocenters. The van der Waals surface area contributed by atoms with Crippen LogP contribution < -0.4 is 10.6 Å². The number of hydrogen-bond acceptors (Lipinski definition) is 3. The number of aliphatic hydroxyl groups is 1. The largest absolute Gasteiger partial charge is 0.363 e. The molecule has 1 aliphatic rings. The Labute approximate surface area is 107 Å². The van der Waals surface area contributed by atoms with Gasteiger partial charge in [-0.1, -0.05) is 19.1 Å². The van der Waals surface area contributed by atoms with Gasteiger partial charge < -0.3 is 15.7 Å². The van der Waals surface area contributed by atoms with Crippen LogP contribution >= 0.6 is 0 Å². The third-order valence-corrected chi connectivity index (χ3v) is 2.96. The van der Waals surface area contributed by atoms with E-state index in [2.05, 4.69) is 10.6 Å². The molecule has 2 rings (SSSR count). The Morgan fingerprint density at radius 1 is 1.50 bits per heavy atom. The molecule has 3 N–H and O–H groups in total. The van der Waals surface area contributed by atoms with Gasteiger partial charge in [0.05, 0.1) is 0 Å². The number of rotatable bonds is 3. The summed E-state index contributed by atoms with van der Waals surface area (Å²) in [6, 6.07) is 5.68. The highest BCUT2D eigenvalue weighted by Gasteiger charge is 2.32. The fourth-order valence-corrected chi connectivity index (χ4v) is 2.06. The SMILES string of the molecule is CCCC(=O)NC1(O)C=CNc2cc(C)ccc21. The molecular formula is C14H18N2O2. The molecule has 0 aliphatic carbocycles. The molecule has 1 atom stereocenters. The minimum atomic E-state index is -1.42. The van der Waals surface area contributed by atoms with Gasteiger partial charge in [-0.05, 0) is 31.1 Å². The van der Waals surface area contributed by atoms with Crippen molar-refractivity contribution < 1.29 is 9.90 Å². The zero-order valence-electron chi connectivity index (χ0n) is 10.7. The standard InChI is InChI=1S/C14H18N2O2/c1-3-4-13(17)16-14(18)7-8-15-12-9-10(2)5-6-11(12)14/h5-9,15,18H,3-4H2,1-2H3,(H,16,17). The van der Waals surface area contributed by atoms with E-state index in [-0.39, 0.29) is 5.91 Å². The number of amides is 1. The molecule has 0 fully saturated rings. The minimum Gasteiger partial charge on any atom is -0.363 e. The lowest BCUT2D eigenvalue weighted by Crippen LogP contribution is -2.45. The van der Waals surface area contributed by atoms with Gasteiger partial charge >= 0.3 is 0 Å². The van der Waals surface area contributed by atoms with Gasteiger partial charge in [0.15, 0.2) is 5.72 Å². The van der Waals surface area contributed by atoms with Crippen molar-refractivity contribution in [2.45, 2.75) is 32.4 Å². The van der Waals surface area contributed by atoms with Crippen LogP contribution in [0, 0.1) is 6.92 Å². The molecule has 0 saturated heterocycles. The van der Waals surface area contributed by atoms with Gasteiger partial charge in [0, 0.05) is 23.9 Å². The number of nitrogens with one attached hydrogen (secondary N) is 2. The second-order valence-corrected chi connectivity index (χ2v) is 4.59. The van der Waals surface area contributed by atoms with E-state index in [1.165, 1.54) is 0 Å². The molecule has 1 heterocycles. The summed E-state index contributed by atoms with van der Waals surface area (Å²) in [6.07, 6.45) is 4.36. The fourth-order valence-electron chi connectivity index (χ4n) is 2.06. The van der Waals surface area contributed by atoms with E-state index in [1.807, 2.05) is 32.0 Å². The predicted octanol–water partition coefficient (Wildman–Crippen LogP) is 2.00. The predicted molar refractivity (Wildman–Crippen MR) is 70.9 cm³/mol. The van der Waals surface area contributed by atoms with Crippen LogP contribution in [0.4, 0.5) is 5.69 Å². The lowest BCUT2D eigenvalue weighted by atomic mass is 9.96. The van der Waals surface area contributed by atoms with Gasteiger partial charge in [0.2, 0.25) is 5.91 Å². The van der Waals surface area contributed by atoms with E-state index < -0.39 is 5.72 Å². The molecule has 18 heavy (non-hydrogen) atoms. The average Bonchev–Trinajstić information content (AvgIpc) is 2.28. The summed E-state index contributed by atoms with van der Waals surface area (Å²) in [7, 11) is 0. The van der Waals surface area contributed by atoms with Crippen LogP contribution in [0.1, 0.15) is 30.9 Å². The smallest absolute Gasteiger partial charge is 0.222 e. The van der Waals surface area contributed by atoms with E-state index in [4.69, 9.17) is 0 Å². The van der Waals surface area contributed by atoms with Crippen LogP contribution in [0.2, 0.25) is 0 Å². The number of carbonyl (C=O) groups excluding carboxylic acids is 1. The summed E-state index contributed by atoms with van der Waals surface area (Å²) in [5, 5.41) is 16.3. The van der Waals surface area contributed by atoms with Crippen LogP contribution in [0.15, 0.2) is 30.5 Å². The van der Waals surface area contributed by atoms with Gasteiger partial charge in [-0.3, -0.25) is 4.79 Å². The van der Waals surface area contributed by atoms with Crippen molar-refractivity contribution in [3.8, 4) is 0 Å². The Morgan fingerprint density at radius 3 is 3.00 bits per heavy atom. The molecule has 0 aromatic heterocycles. The maximum atomic E-state index is 11.7. The number of aryl methyl sites for hydroxylation is 1. The van der Waals surface area contributed by atoms with E-state index >= 15 is 0 Å². The highest BCUT2D eigenvalue weighted by atomic mass is 16.3. The first-order valence-corrected chi connectivity index (χ1v) is 6.14. The van der Waals surface area contributed by atoms with E-state index in [0.717, 1.165) is 17.7 Å². The van der Waals surface area contributed by atoms with Gasteiger partial charge in [-0.2, -0.15) is 0 Å². The average molecular weight is 246 g/mol. The van der Waals surface area contributed by atoms with Crippen molar-refractivity contribution >= 4 is 11.6 Å². The first-order valence-electron chi connectivity index (χ1n) is 6.14. The second-order valence-electron chi connectivity index (χ2n) is 4.59. The molecule has 0 bridgehead atoms. The van der Waals surface area contributed by atoms with Crippen LogP contribution in [0.5, 0.6) is 0 Å². The first kappa shape index (κ1) is 12.6. The monoisotopic (exact) mass is 246 g/mol. The van der Waals surface area contributed by atoms with Crippen LogP contribution in [0.3, 0.4) is 0 Å². The molecule has 0 radical (unpaired) electrons. The summed E-state index contributed by atoms with van der Waals surface area (Å²) >= 11 is 0. The van der Waals surface area contributed by atoms with Crippen molar-refractivity contribution in [3.63, 3.8) is 0 Å². The Hall–Kier alpha value is -1.81. The summed E-state index contributed by atoms with van der Waals surface area (Å²) in [6.45, 7) is 3.91. The molecule has 4 nitrogen and oxygen atoms in total. The maximum Gasteiger partial charge on any atom is 0.222 e. The normalized spacial score (nSPS) is 21.1. The van der Waals surface area contributed by atoms with E-state index in [1.54, 1.807) is 12.3 Å². The van der Waals surface area contributed by atoms with Crippen molar-refractivity contribution in [2.24, 2.45) is 0 Å². The molecular weight excluding hydrogens is 228 g/mol. The zero-order valence-corrected chi connectivity index (χ0v) is 10.7. The van der Waals surface area contributed by atoms with Gasteiger partial charge in [-0.15, -0.1) is 0 Å². The van der Waals surface area contributed by atoms with Crippen molar-refractivity contribution in [1.82, 2.24) is 5.32 Å². The maximum absolute atomic E-state index is 11.7. The lowest BCUT2D eigenvalue weighted by Gasteiger charge is -2.31. The summed E-state index contributed by atoms with van der Waals surface area (Å²) in [5.41, 5.74) is 1.16. The Balaban J connectivity index is 2.31. The number of carbonyl (C=O) groups is 1. The van der Waals surface area contributed by atoms with Gasteiger partial charge in [0.1, 0.15) is 0 Å². The first-order chi connectivity index (χ1) is 8.55. The second kappa shape index (κ2) is 4.82. The number of benzene rings is 1. The lowest BCUT2D eigenvalue weighted by molar-refractivity contribution is -0.126. The van der Waals surface area contributed by atoms with Gasteiger partial charge in [0.25, 0.3) is 0 Å². The van der Waals surface area contributed by atoms with E-state index in [0.29, 0.717) is 12.0 Å². The molecule has 0 saturated carbocycles. The van der Waals surface area contributed by atoms with Gasteiger partial charge in [-0.25, -0.2) is 0 Å². The zero-order chi connectivity index (χ0) is 13.2. The molecule has 96 valence electrons. The topological polar surface area (TPSA) is 61.4 Å². The van der Waals surface area contributed by atoms with Crippen molar-refractivity contribution in [3.05, 3.63) is 41.6 Å². The molecule has 1 amide bonds. The third-order valence-electron chi connectivity index (χ3n) is 2.96. The fraction of sp³-hybridized carbons (Fsp3) is 0.357. The minimum absolute atomic E-state index is 0.155. The highest BCUT2D eigenvalue weighted by Crippen LogP contribution is 2.31. The molecule has 1 aromatic carbocycles. The van der Waals surface area contributed by atoms with Crippen molar-refractivity contribution in [1.29, 1.82) is 0 Å². The number of hydrogen-bond donors (Lipinski definition) is 3. The summed E-state index contributed by atoms with van der Waals surface area (Å²) < 4.78 is 0. The Morgan fingerprint density at radius 2 is 2.28 bits per heavy atom.